The molecule has 1 amide bonds. The van der Waals surface area contributed by atoms with Crippen LogP contribution in [0.5, 0.6) is 0 Å². The molecule has 1 heterocycles. The van der Waals surface area contributed by atoms with Crippen molar-refractivity contribution < 1.29 is 4.79 Å². The second kappa shape index (κ2) is 5.71. The van der Waals surface area contributed by atoms with E-state index < -0.39 is 0 Å². The number of para-hydroxylation sites is 1. The minimum Gasteiger partial charge on any atom is -0.324 e. The molecule has 88 valence electrons. The van der Waals surface area contributed by atoms with Gasteiger partial charge in [0.1, 0.15) is 6.07 Å². The second-order valence-electron chi connectivity index (χ2n) is 3.73. The Balaban J connectivity index is 2.05. The number of nitrogens with one attached hydrogen (secondary N) is 2. The summed E-state index contributed by atoms with van der Waals surface area (Å²) in [5.41, 5.74) is 1.07. The molecule has 4 nitrogen and oxygen atoms in total. The Labute approximate surface area is 104 Å². The molecule has 0 bridgehead atoms. The van der Waals surface area contributed by atoms with Gasteiger partial charge < -0.3 is 10.6 Å². The van der Waals surface area contributed by atoms with Gasteiger partial charge >= 0.3 is 0 Å². The molecule has 0 aromatic heterocycles. The molecule has 0 saturated carbocycles. The monoisotopic (exact) mass is 247 g/mol. The zero-order valence-electron chi connectivity index (χ0n) is 9.27. The van der Waals surface area contributed by atoms with Crippen LogP contribution in [0.15, 0.2) is 24.3 Å². The van der Waals surface area contributed by atoms with E-state index >= 15 is 0 Å². The largest absolute Gasteiger partial charge is 0.324 e. The zero-order valence-corrected chi connectivity index (χ0v) is 10.1. The number of rotatable bonds is 2. The predicted molar refractivity (Wildman–Crippen MR) is 68.9 cm³/mol. The fourth-order valence-corrected chi connectivity index (χ4v) is 2.58. The van der Waals surface area contributed by atoms with E-state index in [9.17, 15) is 4.79 Å². The van der Waals surface area contributed by atoms with Gasteiger partial charge in [-0.3, -0.25) is 4.79 Å². The molecule has 1 aliphatic heterocycles. The number of carbonyl (C=O) groups is 1. The third-order valence-electron chi connectivity index (χ3n) is 2.54. The van der Waals surface area contributed by atoms with Gasteiger partial charge in [-0.2, -0.15) is 17.0 Å². The van der Waals surface area contributed by atoms with E-state index in [1.807, 2.05) is 0 Å². The van der Waals surface area contributed by atoms with Crippen molar-refractivity contribution in [3.8, 4) is 6.07 Å². The van der Waals surface area contributed by atoms with Crippen LogP contribution in [0.3, 0.4) is 0 Å². The highest BCUT2D eigenvalue weighted by Crippen LogP contribution is 2.15. The SMILES string of the molecule is N#Cc1ccccc1NC(=O)C1CSCCN1. The maximum absolute atomic E-state index is 11.9. The summed E-state index contributed by atoms with van der Waals surface area (Å²) in [6, 6.07) is 8.92. The number of hydrogen-bond donors (Lipinski definition) is 2. The molecule has 17 heavy (non-hydrogen) atoms. The highest BCUT2D eigenvalue weighted by molar-refractivity contribution is 7.99. The Morgan fingerprint density at radius 3 is 3.06 bits per heavy atom. The highest BCUT2D eigenvalue weighted by atomic mass is 32.2. The van der Waals surface area contributed by atoms with E-state index in [4.69, 9.17) is 5.26 Å². The molecule has 1 atom stereocenters. The van der Waals surface area contributed by atoms with Crippen LogP contribution < -0.4 is 10.6 Å². The van der Waals surface area contributed by atoms with Crippen LogP contribution in [0.4, 0.5) is 5.69 Å². The van der Waals surface area contributed by atoms with Crippen LogP contribution >= 0.6 is 11.8 Å². The lowest BCUT2D eigenvalue weighted by Crippen LogP contribution is -2.46. The van der Waals surface area contributed by atoms with Gasteiger partial charge in [0.15, 0.2) is 0 Å². The van der Waals surface area contributed by atoms with Crippen molar-refractivity contribution >= 4 is 23.4 Å². The minimum absolute atomic E-state index is 0.0695. The van der Waals surface area contributed by atoms with Gasteiger partial charge in [0.25, 0.3) is 0 Å². The average Bonchev–Trinajstić information content (AvgIpc) is 2.40. The maximum Gasteiger partial charge on any atom is 0.242 e. The van der Waals surface area contributed by atoms with E-state index in [0.717, 1.165) is 18.1 Å². The molecule has 5 heteroatoms. The van der Waals surface area contributed by atoms with Gasteiger partial charge in [-0.25, -0.2) is 0 Å². The predicted octanol–water partition coefficient (Wildman–Crippen LogP) is 1.20. The lowest BCUT2D eigenvalue weighted by molar-refractivity contribution is -0.117. The van der Waals surface area contributed by atoms with Gasteiger partial charge in [-0.05, 0) is 12.1 Å². The summed E-state index contributed by atoms with van der Waals surface area (Å²) in [6.07, 6.45) is 0. The number of hydrogen-bond acceptors (Lipinski definition) is 4. The van der Waals surface area contributed by atoms with Crippen LogP contribution in [-0.2, 0) is 4.79 Å². The fourth-order valence-electron chi connectivity index (χ4n) is 1.64. The smallest absolute Gasteiger partial charge is 0.242 e. The van der Waals surface area contributed by atoms with Gasteiger partial charge in [0.2, 0.25) is 5.91 Å². The Kier molecular flexibility index (Phi) is 4.02. The molecule has 1 aromatic rings. The zero-order chi connectivity index (χ0) is 12.1. The highest BCUT2D eigenvalue weighted by Gasteiger charge is 2.21. The van der Waals surface area contributed by atoms with Crippen LogP contribution in [-0.4, -0.2) is 30.0 Å². The van der Waals surface area contributed by atoms with Crippen LogP contribution in [0.2, 0.25) is 0 Å². The summed E-state index contributed by atoms with van der Waals surface area (Å²) < 4.78 is 0. The third-order valence-corrected chi connectivity index (χ3v) is 3.61. The Hall–Kier alpha value is -1.51. The lowest BCUT2D eigenvalue weighted by Gasteiger charge is -2.22. The number of benzene rings is 1. The molecule has 0 spiro atoms. The first-order valence-corrected chi connectivity index (χ1v) is 6.58. The summed E-state index contributed by atoms with van der Waals surface area (Å²) >= 11 is 1.76. The molecule has 2 N–H and O–H groups in total. The second-order valence-corrected chi connectivity index (χ2v) is 4.88. The standard InChI is InChI=1S/C12H13N3OS/c13-7-9-3-1-2-4-10(9)15-12(16)11-8-17-6-5-14-11/h1-4,11,14H,5-6,8H2,(H,15,16). The Morgan fingerprint density at radius 2 is 2.35 bits per heavy atom. The molecular weight excluding hydrogens is 234 g/mol. The molecule has 0 aliphatic carbocycles. The molecule has 1 aromatic carbocycles. The summed E-state index contributed by atoms with van der Waals surface area (Å²) in [6.45, 7) is 0.850. The number of nitriles is 1. The first-order valence-electron chi connectivity index (χ1n) is 5.42. The van der Waals surface area contributed by atoms with E-state index in [2.05, 4.69) is 16.7 Å². The summed E-state index contributed by atoms with van der Waals surface area (Å²) in [4.78, 5) is 11.9. The van der Waals surface area contributed by atoms with Gasteiger partial charge in [-0.1, -0.05) is 12.1 Å². The Bertz CT molecular complexity index is 449. The van der Waals surface area contributed by atoms with Gasteiger partial charge in [-0.15, -0.1) is 0 Å². The average molecular weight is 247 g/mol. The van der Waals surface area contributed by atoms with Crippen LogP contribution in [0.25, 0.3) is 0 Å². The van der Waals surface area contributed by atoms with Crippen LogP contribution in [0.1, 0.15) is 5.56 Å². The molecule has 1 saturated heterocycles. The first kappa shape index (κ1) is 12.0. The molecule has 2 rings (SSSR count). The topological polar surface area (TPSA) is 64.9 Å². The number of anilines is 1. The van der Waals surface area contributed by atoms with E-state index in [0.29, 0.717) is 11.3 Å². The number of carbonyl (C=O) groups excluding carboxylic acids is 1. The van der Waals surface area contributed by atoms with Crippen molar-refractivity contribution in [1.82, 2.24) is 5.32 Å². The van der Waals surface area contributed by atoms with Crippen molar-refractivity contribution in [3.05, 3.63) is 29.8 Å². The Morgan fingerprint density at radius 1 is 1.53 bits per heavy atom. The molecular formula is C12H13N3OS. The normalized spacial score (nSPS) is 19.4. The van der Waals surface area contributed by atoms with Crippen LogP contribution in [0, 0.1) is 11.3 Å². The number of amides is 1. The van der Waals surface area contributed by atoms with Gasteiger partial charge in [0.05, 0.1) is 17.3 Å². The van der Waals surface area contributed by atoms with Crippen molar-refractivity contribution in [2.75, 3.05) is 23.4 Å². The van der Waals surface area contributed by atoms with E-state index in [-0.39, 0.29) is 11.9 Å². The molecule has 1 fully saturated rings. The third kappa shape index (κ3) is 2.99. The van der Waals surface area contributed by atoms with Crippen molar-refractivity contribution in [1.29, 1.82) is 5.26 Å². The molecule has 1 aliphatic rings. The number of nitrogens with zero attached hydrogens (tertiary/aromatic N) is 1. The van der Waals surface area contributed by atoms with Crippen molar-refractivity contribution in [2.45, 2.75) is 6.04 Å². The van der Waals surface area contributed by atoms with Gasteiger partial charge in [0, 0.05) is 18.1 Å². The minimum atomic E-state index is -0.166. The summed E-state index contributed by atoms with van der Waals surface area (Å²) in [5, 5.41) is 14.9. The summed E-state index contributed by atoms with van der Waals surface area (Å²) in [5.74, 6) is 1.75. The number of thioether (sulfide) groups is 1. The molecule has 0 radical (unpaired) electrons. The quantitative estimate of drug-likeness (QED) is 0.824. The molecule has 1 unspecified atom stereocenters. The van der Waals surface area contributed by atoms with Crippen molar-refractivity contribution in [3.63, 3.8) is 0 Å². The maximum atomic E-state index is 11.9. The summed E-state index contributed by atoms with van der Waals surface area (Å²) in [7, 11) is 0. The first-order chi connectivity index (χ1) is 8.31. The van der Waals surface area contributed by atoms with E-state index in [1.54, 1.807) is 36.0 Å². The van der Waals surface area contributed by atoms with Crippen molar-refractivity contribution in [2.24, 2.45) is 0 Å². The van der Waals surface area contributed by atoms with E-state index in [1.165, 1.54) is 0 Å². The fraction of sp³-hybridized carbons (Fsp3) is 0.333. The lowest BCUT2D eigenvalue weighted by atomic mass is 10.2.